The SMILES string of the molecule is Cc1cc(CN2CCN(Cc3nnc(C(C)(C)C)o3)CC2)no1. The van der Waals surface area contributed by atoms with Crippen LogP contribution in [0.5, 0.6) is 0 Å². The molecule has 23 heavy (non-hydrogen) atoms. The minimum atomic E-state index is -0.0975. The summed E-state index contributed by atoms with van der Waals surface area (Å²) < 4.78 is 10.9. The fourth-order valence-corrected chi connectivity index (χ4v) is 2.64. The lowest BCUT2D eigenvalue weighted by Gasteiger charge is -2.33. The highest BCUT2D eigenvalue weighted by Gasteiger charge is 2.23. The van der Waals surface area contributed by atoms with E-state index in [9.17, 15) is 0 Å². The number of nitrogens with zero attached hydrogens (tertiary/aromatic N) is 5. The second-order valence-corrected chi connectivity index (χ2v) is 7.23. The van der Waals surface area contributed by atoms with Crippen molar-refractivity contribution in [1.29, 1.82) is 0 Å². The zero-order chi connectivity index (χ0) is 16.4. The third-order valence-corrected chi connectivity index (χ3v) is 3.99. The molecule has 0 radical (unpaired) electrons. The Hall–Kier alpha value is -1.73. The van der Waals surface area contributed by atoms with Crippen LogP contribution in [0.1, 0.15) is 44.0 Å². The van der Waals surface area contributed by atoms with E-state index >= 15 is 0 Å². The van der Waals surface area contributed by atoms with Crippen LogP contribution in [0.15, 0.2) is 15.0 Å². The van der Waals surface area contributed by atoms with Gasteiger partial charge in [0.1, 0.15) is 5.76 Å². The molecule has 1 aliphatic rings. The van der Waals surface area contributed by atoms with Gasteiger partial charge in [0.15, 0.2) is 0 Å². The van der Waals surface area contributed by atoms with Crippen molar-refractivity contribution in [3.63, 3.8) is 0 Å². The molecule has 2 aromatic rings. The maximum atomic E-state index is 5.78. The van der Waals surface area contributed by atoms with Gasteiger partial charge in [-0.1, -0.05) is 25.9 Å². The van der Waals surface area contributed by atoms with Gasteiger partial charge in [0.2, 0.25) is 11.8 Å². The van der Waals surface area contributed by atoms with Crippen LogP contribution in [0.25, 0.3) is 0 Å². The Balaban J connectivity index is 1.48. The molecular weight excluding hydrogens is 294 g/mol. The first kappa shape index (κ1) is 16.1. The Kier molecular flexibility index (Phi) is 4.50. The summed E-state index contributed by atoms with van der Waals surface area (Å²) in [6, 6.07) is 2.00. The molecule has 0 bridgehead atoms. The van der Waals surface area contributed by atoms with Crippen LogP contribution < -0.4 is 0 Å². The molecule has 1 fully saturated rings. The van der Waals surface area contributed by atoms with Crippen molar-refractivity contribution in [3.8, 4) is 0 Å². The van der Waals surface area contributed by atoms with Gasteiger partial charge in [-0.25, -0.2) is 0 Å². The molecule has 1 aliphatic heterocycles. The molecule has 0 N–H and O–H groups in total. The van der Waals surface area contributed by atoms with Gasteiger partial charge in [-0.15, -0.1) is 10.2 Å². The molecule has 3 rings (SSSR count). The van der Waals surface area contributed by atoms with Crippen LogP contribution in [-0.2, 0) is 18.5 Å². The summed E-state index contributed by atoms with van der Waals surface area (Å²) in [5.74, 6) is 2.27. The van der Waals surface area contributed by atoms with E-state index in [0.717, 1.165) is 50.7 Å². The molecule has 0 amide bonds. The number of hydrogen-bond donors (Lipinski definition) is 0. The van der Waals surface area contributed by atoms with E-state index in [-0.39, 0.29) is 5.41 Å². The van der Waals surface area contributed by atoms with Gasteiger partial charge in [0.25, 0.3) is 0 Å². The van der Waals surface area contributed by atoms with E-state index in [4.69, 9.17) is 8.94 Å². The average molecular weight is 319 g/mol. The summed E-state index contributed by atoms with van der Waals surface area (Å²) in [7, 11) is 0. The van der Waals surface area contributed by atoms with Crippen LogP contribution in [0.3, 0.4) is 0 Å². The van der Waals surface area contributed by atoms with Gasteiger partial charge in [0.05, 0.1) is 12.2 Å². The molecule has 7 heteroatoms. The monoisotopic (exact) mass is 319 g/mol. The van der Waals surface area contributed by atoms with Crippen LogP contribution in [0, 0.1) is 6.92 Å². The molecule has 2 aromatic heterocycles. The highest BCUT2D eigenvalue weighted by Crippen LogP contribution is 2.21. The maximum Gasteiger partial charge on any atom is 0.230 e. The normalized spacial score (nSPS) is 17.7. The van der Waals surface area contributed by atoms with Gasteiger partial charge in [0, 0.05) is 44.2 Å². The predicted octanol–water partition coefficient (Wildman–Crippen LogP) is 1.98. The Labute approximate surface area is 136 Å². The number of hydrogen-bond acceptors (Lipinski definition) is 7. The average Bonchev–Trinajstić information content (AvgIpc) is 3.10. The summed E-state index contributed by atoms with van der Waals surface area (Å²) in [5, 5.41) is 12.4. The van der Waals surface area contributed by atoms with E-state index in [2.05, 4.69) is 45.9 Å². The van der Waals surface area contributed by atoms with Crippen LogP contribution >= 0.6 is 0 Å². The molecule has 0 aliphatic carbocycles. The molecule has 0 atom stereocenters. The van der Waals surface area contributed by atoms with Crippen molar-refractivity contribution < 1.29 is 8.94 Å². The molecule has 126 valence electrons. The second-order valence-electron chi connectivity index (χ2n) is 7.23. The summed E-state index contributed by atoms with van der Waals surface area (Å²) >= 11 is 0. The first-order chi connectivity index (χ1) is 10.9. The molecule has 7 nitrogen and oxygen atoms in total. The Morgan fingerprint density at radius 2 is 1.70 bits per heavy atom. The van der Waals surface area contributed by atoms with Gasteiger partial charge in [-0.3, -0.25) is 9.80 Å². The van der Waals surface area contributed by atoms with Crippen molar-refractivity contribution >= 4 is 0 Å². The Bertz CT molecular complexity index is 635. The second kappa shape index (κ2) is 6.41. The van der Waals surface area contributed by atoms with Crippen molar-refractivity contribution in [2.24, 2.45) is 0 Å². The quantitative estimate of drug-likeness (QED) is 0.853. The zero-order valence-electron chi connectivity index (χ0n) is 14.4. The summed E-state index contributed by atoms with van der Waals surface area (Å²) in [4.78, 5) is 4.74. The standard InChI is InChI=1S/C16H25N5O2/c1-12-9-13(19-23-12)10-20-5-7-21(8-6-20)11-14-17-18-15(22-14)16(2,3)4/h9H,5-8,10-11H2,1-4H3. The van der Waals surface area contributed by atoms with Crippen molar-refractivity contribution in [2.45, 2.75) is 46.2 Å². The lowest BCUT2D eigenvalue weighted by Crippen LogP contribution is -2.45. The number of aromatic nitrogens is 3. The van der Waals surface area contributed by atoms with Crippen molar-refractivity contribution in [3.05, 3.63) is 29.3 Å². The van der Waals surface area contributed by atoms with Gasteiger partial charge >= 0.3 is 0 Å². The fraction of sp³-hybridized carbons (Fsp3) is 0.688. The van der Waals surface area contributed by atoms with E-state index in [1.807, 2.05) is 13.0 Å². The summed E-state index contributed by atoms with van der Waals surface area (Å²) in [5.41, 5.74) is 0.905. The minimum Gasteiger partial charge on any atom is -0.423 e. The predicted molar refractivity (Wildman–Crippen MR) is 84.8 cm³/mol. The van der Waals surface area contributed by atoms with E-state index in [0.29, 0.717) is 11.8 Å². The Morgan fingerprint density at radius 3 is 2.22 bits per heavy atom. The first-order valence-corrected chi connectivity index (χ1v) is 8.10. The summed E-state index contributed by atoms with van der Waals surface area (Å²) in [6.07, 6.45) is 0. The highest BCUT2D eigenvalue weighted by molar-refractivity contribution is 5.03. The van der Waals surface area contributed by atoms with Crippen molar-refractivity contribution in [2.75, 3.05) is 26.2 Å². The largest absolute Gasteiger partial charge is 0.423 e. The van der Waals surface area contributed by atoms with Gasteiger partial charge in [-0.05, 0) is 6.92 Å². The lowest BCUT2D eigenvalue weighted by atomic mass is 9.97. The molecule has 3 heterocycles. The van der Waals surface area contributed by atoms with Crippen LogP contribution in [0.4, 0.5) is 0 Å². The zero-order valence-corrected chi connectivity index (χ0v) is 14.4. The minimum absolute atomic E-state index is 0.0975. The van der Waals surface area contributed by atoms with Crippen molar-refractivity contribution in [1.82, 2.24) is 25.2 Å². The molecule has 0 saturated carbocycles. The number of aryl methyl sites for hydroxylation is 1. The molecule has 1 saturated heterocycles. The first-order valence-electron chi connectivity index (χ1n) is 8.10. The fourth-order valence-electron chi connectivity index (χ4n) is 2.64. The van der Waals surface area contributed by atoms with Gasteiger partial charge in [-0.2, -0.15) is 0 Å². The molecule has 0 unspecified atom stereocenters. The lowest BCUT2D eigenvalue weighted by molar-refractivity contribution is 0.112. The van der Waals surface area contributed by atoms with E-state index in [1.165, 1.54) is 0 Å². The maximum absolute atomic E-state index is 5.78. The third kappa shape index (κ3) is 4.17. The molecule has 0 spiro atoms. The number of rotatable bonds is 4. The Morgan fingerprint density at radius 1 is 1.04 bits per heavy atom. The molecule has 0 aromatic carbocycles. The topological polar surface area (TPSA) is 71.4 Å². The molecular formula is C16H25N5O2. The van der Waals surface area contributed by atoms with E-state index < -0.39 is 0 Å². The van der Waals surface area contributed by atoms with Crippen LogP contribution in [0.2, 0.25) is 0 Å². The van der Waals surface area contributed by atoms with Gasteiger partial charge < -0.3 is 8.94 Å². The highest BCUT2D eigenvalue weighted by atomic mass is 16.5. The smallest absolute Gasteiger partial charge is 0.230 e. The van der Waals surface area contributed by atoms with Crippen LogP contribution in [-0.4, -0.2) is 51.3 Å². The summed E-state index contributed by atoms with van der Waals surface area (Å²) in [6.45, 7) is 13.7. The third-order valence-electron chi connectivity index (χ3n) is 3.99. The number of piperazine rings is 1. The van der Waals surface area contributed by atoms with E-state index in [1.54, 1.807) is 0 Å².